The fourth-order valence-corrected chi connectivity index (χ4v) is 3.21. The summed E-state index contributed by atoms with van der Waals surface area (Å²) in [5.41, 5.74) is 1.56. The number of rotatable bonds is 6. The molecule has 0 saturated carbocycles. The van der Waals surface area contributed by atoms with Gasteiger partial charge < -0.3 is 14.7 Å². The molecule has 1 aliphatic heterocycles. The second-order valence-corrected chi connectivity index (χ2v) is 6.53. The van der Waals surface area contributed by atoms with Gasteiger partial charge in [-0.15, -0.1) is 0 Å². The molecule has 2 aromatic heterocycles. The second kappa shape index (κ2) is 7.99. The standard InChI is InChI=1S/C20H19N5O3/c26-18-7-6-16(25(18)13-14-4-2-1-3-5-14)20-23-17(24-28-20)12-22-19(27)15-8-10-21-11-9-15/h1-5,8-11,16H,6-7,12-13H2,(H,22,27)/t16-/m0/s1. The molecule has 0 unspecified atom stereocenters. The molecular weight excluding hydrogens is 358 g/mol. The molecule has 1 aromatic carbocycles. The predicted octanol–water partition coefficient (Wildman–Crippen LogP) is 2.26. The lowest BCUT2D eigenvalue weighted by atomic mass is 10.2. The number of carbonyl (C=O) groups excluding carboxylic acids is 2. The minimum atomic E-state index is -0.246. The zero-order valence-corrected chi connectivity index (χ0v) is 15.1. The van der Waals surface area contributed by atoms with Crippen LogP contribution in [-0.2, 0) is 17.9 Å². The minimum Gasteiger partial charge on any atom is -0.345 e. The fourth-order valence-electron chi connectivity index (χ4n) is 3.21. The molecule has 3 heterocycles. The third kappa shape index (κ3) is 3.90. The Morgan fingerprint density at radius 2 is 1.96 bits per heavy atom. The van der Waals surface area contributed by atoms with Crippen molar-refractivity contribution in [3.63, 3.8) is 0 Å². The van der Waals surface area contributed by atoms with Gasteiger partial charge in [-0.2, -0.15) is 4.98 Å². The summed E-state index contributed by atoms with van der Waals surface area (Å²) in [5.74, 6) is 0.599. The molecule has 0 spiro atoms. The molecule has 0 aliphatic carbocycles. The van der Waals surface area contributed by atoms with Gasteiger partial charge >= 0.3 is 0 Å². The number of benzene rings is 1. The quantitative estimate of drug-likeness (QED) is 0.707. The van der Waals surface area contributed by atoms with Crippen LogP contribution in [0.5, 0.6) is 0 Å². The lowest BCUT2D eigenvalue weighted by Gasteiger charge is -2.22. The van der Waals surface area contributed by atoms with Gasteiger partial charge in [-0.25, -0.2) is 0 Å². The Kier molecular flexibility index (Phi) is 5.09. The van der Waals surface area contributed by atoms with E-state index in [1.165, 1.54) is 0 Å². The Labute approximate surface area is 161 Å². The third-order valence-corrected chi connectivity index (χ3v) is 4.64. The second-order valence-electron chi connectivity index (χ2n) is 6.53. The highest BCUT2D eigenvalue weighted by Gasteiger charge is 2.35. The van der Waals surface area contributed by atoms with Crippen molar-refractivity contribution >= 4 is 11.8 Å². The van der Waals surface area contributed by atoms with Crippen molar-refractivity contribution in [2.24, 2.45) is 0 Å². The van der Waals surface area contributed by atoms with Crippen LogP contribution in [0.4, 0.5) is 0 Å². The zero-order valence-electron chi connectivity index (χ0n) is 15.1. The highest BCUT2D eigenvalue weighted by molar-refractivity contribution is 5.93. The maximum Gasteiger partial charge on any atom is 0.251 e. The first kappa shape index (κ1) is 17.8. The van der Waals surface area contributed by atoms with Crippen molar-refractivity contribution in [3.8, 4) is 0 Å². The van der Waals surface area contributed by atoms with E-state index in [2.05, 4.69) is 20.4 Å². The molecule has 3 aromatic rings. The smallest absolute Gasteiger partial charge is 0.251 e. The highest BCUT2D eigenvalue weighted by atomic mass is 16.5. The molecule has 2 amide bonds. The van der Waals surface area contributed by atoms with Crippen LogP contribution in [0.15, 0.2) is 59.4 Å². The normalized spacial score (nSPS) is 16.4. The summed E-state index contributed by atoms with van der Waals surface area (Å²) in [6.07, 6.45) is 4.20. The highest BCUT2D eigenvalue weighted by Crippen LogP contribution is 2.33. The molecule has 4 rings (SSSR count). The summed E-state index contributed by atoms with van der Waals surface area (Å²) in [7, 11) is 0. The van der Waals surface area contributed by atoms with Crippen LogP contribution in [0.3, 0.4) is 0 Å². The first-order valence-electron chi connectivity index (χ1n) is 9.05. The van der Waals surface area contributed by atoms with Crippen molar-refractivity contribution in [1.29, 1.82) is 0 Å². The Hall–Kier alpha value is -3.55. The van der Waals surface area contributed by atoms with E-state index in [4.69, 9.17) is 4.52 Å². The molecule has 28 heavy (non-hydrogen) atoms. The van der Waals surface area contributed by atoms with Crippen LogP contribution in [0.25, 0.3) is 0 Å². The van der Waals surface area contributed by atoms with Gasteiger partial charge in [0.1, 0.15) is 6.04 Å². The van der Waals surface area contributed by atoms with Crippen molar-refractivity contribution in [2.75, 3.05) is 0 Å². The number of aromatic nitrogens is 3. The van der Waals surface area contributed by atoms with Crippen molar-refractivity contribution in [1.82, 2.24) is 25.3 Å². The van der Waals surface area contributed by atoms with Gasteiger partial charge in [-0.3, -0.25) is 14.6 Å². The number of nitrogens with one attached hydrogen (secondary N) is 1. The van der Waals surface area contributed by atoms with Crippen LogP contribution in [-0.4, -0.2) is 31.8 Å². The third-order valence-electron chi connectivity index (χ3n) is 4.64. The lowest BCUT2D eigenvalue weighted by Crippen LogP contribution is -2.27. The molecule has 0 radical (unpaired) electrons. The Morgan fingerprint density at radius 3 is 2.75 bits per heavy atom. The van der Waals surface area contributed by atoms with E-state index in [0.29, 0.717) is 36.7 Å². The number of hydrogen-bond donors (Lipinski definition) is 1. The Bertz CT molecular complexity index is 958. The van der Waals surface area contributed by atoms with E-state index in [1.807, 2.05) is 30.3 Å². The van der Waals surface area contributed by atoms with Crippen LogP contribution >= 0.6 is 0 Å². The first-order chi connectivity index (χ1) is 13.7. The van der Waals surface area contributed by atoms with E-state index in [-0.39, 0.29) is 24.4 Å². The van der Waals surface area contributed by atoms with Crippen LogP contribution in [0, 0.1) is 0 Å². The molecule has 142 valence electrons. The molecule has 1 atom stereocenters. The average Bonchev–Trinajstić information content (AvgIpc) is 3.35. The predicted molar refractivity (Wildman–Crippen MR) is 98.7 cm³/mol. The molecule has 1 saturated heterocycles. The SMILES string of the molecule is O=C(NCc1noc([C@@H]2CCC(=O)N2Cc2ccccc2)n1)c1ccncc1. The molecule has 8 heteroatoms. The molecule has 0 bridgehead atoms. The van der Waals surface area contributed by atoms with Gasteiger partial charge in [0, 0.05) is 30.9 Å². The van der Waals surface area contributed by atoms with Crippen molar-refractivity contribution < 1.29 is 14.1 Å². The molecule has 1 aliphatic rings. The average molecular weight is 377 g/mol. The van der Waals surface area contributed by atoms with Crippen molar-refractivity contribution in [2.45, 2.75) is 32.0 Å². The van der Waals surface area contributed by atoms with Gasteiger partial charge in [0.25, 0.3) is 5.91 Å². The van der Waals surface area contributed by atoms with E-state index in [0.717, 1.165) is 5.56 Å². The number of pyridine rings is 1. The first-order valence-corrected chi connectivity index (χ1v) is 9.05. The number of amides is 2. The van der Waals surface area contributed by atoms with E-state index in [1.54, 1.807) is 29.4 Å². The van der Waals surface area contributed by atoms with Crippen LogP contribution < -0.4 is 5.32 Å². The van der Waals surface area contributed by atoms with Gasteiger partial charge in [0.2, 0.25) is 11.8 Å². The Balaban J connectivity index is 1.41. The molecule has 1 fully saturated rings. The Morgan fingerprint density at radius 1 is 1.18 bits per heavy atom. The van der Waals surface area contributed by atoms with Crippen molar-refractivity contribution in [3.05, 3.63) is 77.7 Å². The molecule has 8 nitrogen and oxygen atoms in total. The lowest BCUT2D eigenvalue weighted by molar-refractivity contribution is -0.130. The van der Waals surface area contributed by atoms with Gasteiger partial charge in [-0.05, 0) is 24.1 Å². The maximum absolute atomic E-state index is 12.3. The summed E-state index contributed by atoms with van der Waals surface area (Å²) in [6, 6.07) is 12.8. The summed E-state index contributed by atoms with van der Waals surface area (Å²) in [4.78, 5) is 34.5. The largest absolute Gasteiger partial charge is 0.345 e. The summed E-state index contributed by atoms with van der Waals surface area (Å²) >= 11 is 0. The molecule has 1 N–H and O–H groups in total. The molecular formula is C20H19N5O3. The van der Waals surface area contributed by atoms with Gasteiger partial charge in [0.05, 0.1) is 6.54 Å². The summed E-state index contributed by atoms with van der Waals surface area (Å²) < 4.78 is 5.39. The number of carbonyl (C=O) groups is 2. The minimum absolute atomic E-state index is 0.0691. The number of nitrogens with zero attached hydrogens (tertiary/aromatic N) is 4. The summed E-state index contributed by atoms with van der Waals surface area (Å²) in [5, 5.41) is 6.69. The van der Waals surface area contributed by atoms with E-state index < -0.39 is 0 Å². The van der Waals surface area contributed by atoms with E-state index >= 15 is 0 Å². The van der Waals surface area contributed by atoms with Gasteiger partial charge in [0.15, 0.2) is 5.82 Å². The zero-order chi connectivity index (χ0) is 19.3. The van der Waals surface area contributed by atoms with E-state index in [9.17, 15) is 9.59 Å². The number of hydrogen-bond acceptors (Lipinski definition) is 6. The number of likely N-dealkylation sites (tertiary alicyclic amines) is 1. The van der Waals surface area contributed by atoms with Gasteiger partial charge in [-0.1, -0.05) is 35.5 Å². The van der Waals surface area contributed by atoms with Crippen LogP contribution in [0.2, 0.25) is 0 Å². The summed E-state index contributed by atoms with van der Waals surface area (Å²) in [6.45, 7) is 0.644. The maximum atomic E-state index is 12.3. The fraction of sp³-hybridized carbons (Fsp3) is 0.250. The topological polar surface area (TPSA) is 101 Å². The monoisotopic (exact) mass is 377 g/mol. The van der Waals surface area contributed by atoms with Crippen LogP contribution in [0.1, 0.15) is 46.5 Å².